The second kappa shape index (κ2) is 6.69. The lowest BCUT2D eigenvalue weighted by molar-refractivity contribution is -0.137. The summed E-state index contributed by atoms with van der Waals surface area (Å²) < 4.78 is 37.6. The quantitative estimate of drug-likeness (QED) is 0.931. The Balaban J connectivity index is 1.96. The maximum absolute atomic E-state index is 12.5. The lowest BCUT2D eigenvalue weighted by Gasteiger charge is -2.31. The van der Waals surface area contributed by atoms with Gasteiger partial charge in [0.2, 0.25) is 5.91 Å². The fraction of sp³-hybridized carbons (Fsp3) is 0.562. The summed E-state index contributed by atoms with van der Waals surface area (Å²) in [6, 6.07) is 5.05. The zero-order valence-corrected chi connectivity index (χ0v) is 12.6. The molecule has 3 nitrogen and oxygen atoms in total. The number of nitrogens with two attached hydrogens (primary N) is 1. The molecule has 22 heavy (non-hydrogen) atoms. The van der Waals surface area contributed by atoms with Crippen molar-refractivity contribution in [1.82, 2.24) is 4.90 Å². The van der Waals surface area contributed by atoms with Crippen LogP contribution in [0.2, 0.25) is 0 Å². The van der Waals surface area contributed by atoms with Crippen LogP contribution in [0.25, 0.3) is 0 Å². The zero-order valence-electron chi connectivity index (χ0n) is 12.6. The Bertz CT molecular complexity index is 513. The summed E-state index contributed by atoms with van der Waals surface area (Å²) in [6.45, 7) is 3.13. The van der Waals surface area contributed by atoms with Gasteiger partial charge in [-0.3, -0.25) is 4.79 Å². The molecule has 2 atom stereocenters. The monoisotopic (exact) mass is 314 g/mol. The van der Waals surface area contributed by atoms with Crippen LogP contribution >= 0.6 is 0 Å². The Morgan fingerprint density at radius 1 is 1.36 bits per heavy atom. The third-order valence-electron chi connectivity index (χ3n) is 4.10. The summed E-state index contributed by atoms with van der Waals surface area (Å²) in [4.78, 5) is 14.0. The van der Waals surface area contributed by atoms with Gasteiger partial charge in [-0.15, -0.1) is 0 Å². The first-order valence-corrected chi connectivity index (χ1v) is 7.48. The Morgan fingerprint density at radius 3 is 2.55 bits per heavy atom. The normalized spacial score (nSPS) is 20.8. The van der Waals surface area contributed by atoms with Gasteiger partial charge in [-0.1, -0.05) is 19.1 Å². The summed E-state index contributed by atoms with van der Waals surface area (Å²) in [7, 11) is 0. The van der Waals surface area contributed by atoms with Crippen molar-refractivity contribution in [3.05, 3.63) is 35.4 Å². The van der Waals surface area contributed by atoms with E-state index in [0.717, 1.165) is 30.5 Å². The number of carbonyl (C=O) groups is 1. The predicted octanol–water partition coefficient (Wildman–Crippen LogP) is 3.15. The van der Waals surface area contributed by atoms with Gasteiger partial charge >= 0.3 is 6.18 Å². The van der Waals surface area contributed by atoms with Crippen LogP contribution in [0.3, 0.4) is 0 Å². The number of halogens is 3. The second-order valence-electron chi connectivity index (χ2n) is 5.97. The van der Waals surface area contributed by atoms with Crippen molar-refractivity contribution >= 4 is 5.91 Å². The van der Waals surface area contributed by atoms with Crippen LogP contribution in [0.5, 0.6) is 0 Å². The van der Waals surface area contributed by atoms with E-state index in [1.165, 1.54) is 12.1 Å². The van der Waals surface area contributed by atoms with Crippen LogP contribution in [0, 0.1) is 0 Å². The average Bonchev–Trinajstić information content (AvgIpc) is 2.46. The van der Waals surface area contributed by atoms with Gasteiger partial charge in [0.25, 0.3) is 0 Å². The minimum Gasteiger partial charge on any atom is -0.341 e. The number of alkyl halides is 3. The first kappa shape index (κ1) is 16.8. The largest absolute Gasteiger partial charge is 0.416 e. The van der Waals surface area contributed by atoms with Gasteiger partial charge < -0.3 is 10.6 Å². The van der Waals surface area contributed by atoms with Crippen molar-refractivity contribution in [2.45, 2.75) is 44.3 Å². The highest BCUT2D eigenvalue weighted by atomic mass is 19.4. The van der Waals surface area contributed by atoms with Crippen molar-refractivity contribution in [2.24, 2.45) is 5.73 Å². The number of nitrogens with zero attached hydrogens (tertiary/aromatic N) is 1. The topological polar surface area (TPSA) is 46.3 Å². The van der Waals surface area contributed by atoms with Gasteiger partial charge in [0.1, 0.15) is 0 Å². The Kier molecular flexibility index (Phi) is 5.11. The molecule has 0 bridgehead atoms. The van der Waals surface area contributed by atoms with E-state index >= 15 is 0 Å². The van der Waals surface area contributed by atoms with E-state index in [-0.39, 0.29) is 24.3 Å². The SMILES string of the molecule is CC(CC(=O)N1CCCC(N)C1)c1ccc(C(F)(F)F)cc1. The highest BCUT2D eigenvalue weighted by Gasteiger charge is 2.30. The van der Waals surface area contributed by atoms with Crippen molar-refractivity contribution in [2.75, 3.05) is 13.1 Å². The van der Waals surface area contributed by atoms with Crippen LogP contribution in [0.15, 0.2) is 24.3 Å². The van der Waals surface area contributed by atoms with E-state index in [1.807, 2.05) is 6.92 Å². The van der Waals surface area contributed by atoms with E-state index in [0.29, 0.717) is 13.1 Å². The molecule has 1 fully saturated rings. The summed E-state index contributed by atoms with van der Waals surface area (Å²) in [5, 5.41) is 0. The van der Waals surface area contributed by atoms with Crippen LogP contribution in [-0.4, -0.2) is 29.9 Å². The highest BCUT2D eigenvalue weighted by molar-refractivity contribution is 5.77. The number of rotatable bonds is 3. The molecule has 1 heterocycles. The molecule has 1 saturated heterocycles. The van der Waals surface area contributed by atoms with Crippen molar-refractivity contribution in [3.63, 3.8) is 0 Å². The van der Waals surface area contributed by atoms with E-state index in [1.54, 1.807) is 4.90 Å². The molecule has 0 aliphatic carbocycles. The molecule has 0 saturated carbocycles. The predicted molar refractivity (Wildman–Crippen MR) is 78.3 cm³/mol. The van der Waals surface area contributed by atoms with Crippen molar-refractivity contribution < 1.29 is 18.0 Å². The van der Waals surface area contributed by atoms with Gasteiger partial charge in [0, 0.05) is 25.6 Å². The lowest BCUT2D eigenvalue weighted by Crippen LogP contribution is -2.45. The third kappa shape index (κ3) is 4.22. The molecule has 6 heteroatoms. The molecule has 122 valence electrons. The van der Waals surface area contributed by atoms with Gasteiger partial charge in [-0.25, -0.2) is 0 Å². The molecular weight excluding hydrogens is 293 g/mol. The number of likely N-dealkylation sites (tertiary alicyclic amines) is 1. The number of piperidine rings is 1. The molecule has 2 rings (SSSR count). The summed E-state index contributed by atoms with van der Waals surface area (Å²) in [6.07, 6.45) is -2.21. The summed E-state index contributed by atoms with van der Waals surface area (Å²) in [5.74, 6) is -0.101. The molecule has 0 radical (unpaired) electrons. The Morgan fingerprint density at radius 2 is 2.00 bits per heavy atom. The highest BCUT2D eigenvalue weighted by Crippen LogP contribution is 2.30. The van der Waals surface area contributed by atoms with Gasteiger partial charge in [-0.05, 0) is 36.5 Å². The van der Waals surface area contributed by atoms with Crippen LogP contribution in [-0.2, 0) is 11.0 Å². The van der Waals surface area contributed by atoms with Crippen LogP contribution < -0.4 is 5.73 Å². The molecule has 1 amide bonds. The standard InChI is InChI=1S/C16H21F3N2O/c1-11(9-15(22)21-8-2-3-14(20)10-21)12-4-6-13(7-5-12)16(17,18)19/h4-7,11,14H,2-3,8-10,20H2,1H3. The molecular formula is C16H21F3N2O. The number of carbonyl (C=O) groups excluding carboxylic acids is 1. The van der Waals surface area contributed by atoms with E-state index < -0.39 is 11.7 Å². The molecule has 1 aromatic rings. The average molecular weight is 314 g/mol. The van der Waals surface area contributed by atoms with Gasteiger partial charge in [0.05, 0.1) is 5.56 Å². The number of hydrogen-bond acceptors (Lipinski definition) is 2. The molecule has 0 aromatic heterocycles. The Hall–Kier alpha value is -1.56. The Labute approximate surface area is 128 Å². The van der Waals surface area contributed by atoms with Gasteiger partial charge in [-0.2, -0.15) is 13.2 Å². The molecule has 2 N–H and O–H groups in total. The van der Waals surface area contributed by atoms with Crippen LogP contribution in [0.4, 0.5) is 13.2 Å². The number of amides is 1. The number of benzene rings is 1. The van der Waals surface area contributed by atoms with E-state index in [9.17, 15) is 18.0 Å². The maximum Gasteiger partial charge on any atom is 0.416 e. The fourth-order valence-electron chi connectivity index (χ4n) is 2.75. The first-order valence-electron chi connectivity index (χ1n) is 7.48. The lowest BCUT2D eigenvalue weighted by atomic mass is 9.95. The third-order valence-corrected chi connectivity index (χ3v) is 4.10. The van der Waals surface area contributed by atoms with Gasteiger partial charge in [0.15, 0.2) is 0 Å². The number of hydrogen-bond donors (Lipinski definition) is 1. The smallest absolute Gasteiger partial charge is 0.341 e. The fourth-order valence-corrected chi connectivity index (χ4v) is 2.75. The van der Waals surface area contributed by atoms with Crippen molar-refractivity contribution in [1.29, 1.82) is 0 Å². The molecule has 2 unspecified atom stereocenters. The van der Waals surface area contributed by atoms with E-state index in [4.69, 9.17) is 5.73 Å². The molecule has 0 spiro atoms. The molecule has 1 aliphatic rings. The molecule has 1 aliphatic heterocycles. The maximum atomic E-state index is 12.5. The van der Waals surface area contributed by atoms with Crippen molar-refractivity contribution in [3.8, 4) is 0 Å². The summed E-state index contributed by atoms with van der Waals surface area (Å²) >= 11 is 0. The first-order chi connectivity index (χ1) is 10.3. The van der Waals surface area contributed by atoms with Crippen LogP contribution in [0.1, 0.15) is 43.2 Å². The second-order valence-corrected chi connectivity index (χ2v) is 5.97. The minimum atomic E-state index is -4.33. The minimum absolute atomic E-state index is 0.0162. The summed E-state index contributed by atoms with van der Waals surface area (Å²) in [5.41, 5.74) is 5.93. The van der Waals surface area contributed by atoms with E-state index in [2.05, 4.69) is 0 Å². The molecule has 1 aromatic carbocycles. The zero-order chi connectivity index (χ0) is 16.3.